The number of nitrogens with zero attached hydrogens (tertiary/aromatic N) is 1. The number of halogens is 1. The maximum atomic E-state index is 13.5. The monoisotopic (exact) mass is 542 g/mol. The van der Waals surface area contributed by atoms with E-state index in [1.165, 1.54) is 9.87 Å². The molecular weight excluding hydrogens is 512 g/mol. The lowest BCUT2D eigenvalue weighted by Crippen LogP contribution is -2.41. The van der Waals surface area contributed by atoms with Crippen LogP contribution in [0.5, 0.6) is 0 Å². The molecule has 34 heavy (non-hydrogen) atoms. The highest BCUT2D eigenvalue weighted by molar-refractivity contribution is 9.10. The van der Waals surface area contributed by atoms with Crippen molar-refractivity contribution in [2.45, 2.75) is 52.1 Å². The van der Waals surface area contributed by atoms with Gasteiger partial charge in [-0.05, 0) is 86.7 Å². The first kappa shape index (κ1) is 26.1. The normalized spacial score (nSPS) is 12.6. The maximum Gasteiger partial charge on any atom is 0.243 e. The summed E-state index contributed by atoms with van der Waals surface area (Å²) in [6, 6.07) is 18.0. The Balaban J connectivity index is 1.85. The SMILES string of the molecule is Cc1ccc(S(=O)(=O)N(CC(=O)N[C@@H](C)c2cc(C)c(C)cc2C)Cc2ccc(Br)cc2)cc1. The zero-order chi connectivity index (χ0) is 25.0. The Morgan fingerprint density at radius 1 is 0.912 bits per heavy atom. The van der Waals surface area contributed by atoms with E-state index in [0.29, 0.717) is 0 Å². The molecule has 3 aromatic carbocycles. The van der Waals surface area contributed by atoms with Crippen molar-refractivity contribution in [2.75, 3.05) is 6.54 Å². The molecule has 0 saturated carbocycles. The van der Waals surface area contributed by atoms with Crippen molar-refractivity contribution in [1.29, 1.82) is 0 Å². The second-order valence-corrected chi connectivity index (χ2v) is 11.6. The van der Waals surface area contributed by atoms with E-state index >= 15 is 0 Å². The quantitative estimate of drug-likeness (QED) is 0.394. The average molecular weight is 544 g/mol. The fraction of sp³-hybridized carbons (Fsp3) is 0.296. The first-order valence-electron chi connectivity index (χ1n) is 11.2. The maximum absolute atomic E-state index is 13.5. The first-order valence-corrected chi connectivity index (χ1v) is 13.4. The molecule has 1 atom stereocenters. The Bertz CT molecular complexity index is 1270. The highest BCUT2D eigenvalue weighted by Crippen LogP contribution is 2.23. The minimum absolute atomic E-state index is 0.0912. The summed E-state index contributed by atoms with van der Waals surface area (Å²) >= 11 is 3.40. The van der Waals surface area contributed by atoms with Crippen molar-refractivity contribution in [3.05, 3.63) is 98.5 Å². The van der Waals surface area contributed by atoms with Gasteiger partial charge in [0.15, 0.2) is 0 Å². The summed E-state index contributed by atoms with van der Waals surface area (Å²) in [5.74, 6) is -0.349. The van der Waals surface area contributed by atoms with Crippen molar-refractivity contribution in [2.24, 2.45) is 0 Å². The number of rotatable bonds is 8. The molecule has 0 aliphatic heterocycles. The van der Waals surface area contributed by atoms with Crippen LogP contribution >= 0.6 is 15.9 Å². The van der Waals surface area contributed by atoms with Crippen molar-refractivity contribution >= 4 is 31.9 Å². The Hall–Kier alpha value is -2.48. The molecule has 7 heteroatoms. The van der Waals surface area contributed by atoms with Gasteiger partial charge in [0.25, 0.3) is 0 Å². The molecule has 0 aromatic heterocycles. The Morgan fingerprint density at radius 2 is 1.50 bits per heavy atom. The lowest BCUT2D eigenvalue weighted by molar-refractivity contribution is -0.122. The predicted octanol–water partition coefficient (Wildman–Crippen LogP) is 5.75. The smallest absolute Gasteiger partial charge is 0.243 e. The molecule has 0 heterocycles. The van der Waals surface area contributed by atoms with Crippen LogP contribution in [0.1, 0.15) is 46.3 Å². The minimum atomic E-state index is -3.88. The number of hydrogen-bond acceptors (Lipinski definition) is 3. The molecule has 0 bridgehead atoms. The van der Waals surface area contributed by atoms with E-state index in [9.17, 15) is 13.2 Å². The van der Waals surface area contributed by atoms with Crippen LogP contribution in [0.25, 0.3) is 0 Å². The van der Waals surface area contributed by atoms with Crippen LogP contribution in [0, 0.1) is 27.7 Å². The molecule has 0 fully saturated rings. The highest BCUT2D eigenvalue weighted by atomic mass is 79.9. The third-order valence-corrected chi connectivity index (χ3v) is 8.31. The molecule has 3 rings (SSSR count). The molecule has 0 spiro atoms. The summed E-state index contributed by atoms with van der Waals surface area (Å²) < 4.78 is 29.1. The summed E-state index contributed by atoms with van der Waals surface area (Å²) in [6.07, 6.45) is 0. The second-order valence-electron chi connectivity index (χ2n) is 8.79. The van der Waals surface area contributed by atoms with E-state index in [0.717, 1.165) is 32.3 Å². The first-order chi connectivity index (χ1) is 16.0. The van der Waals surface area contributed by atoms with Crippen LogP contribution in [0.4, 0.5) is 0 Å². The molecular formula is C27H31BrN2O3S. The number of carbonyl (C=O) groups excluding carboxylic acids is 1. The summed E-state index contributed by atoms with van der Waals surface area (Å²) in [7, 11) is -3.88. The van der Waals surface area contributed by atoms with Gasteiger partial charge in [-0.25, -0.2) is 8.42 Å². The summed E-state index contributed by atoms with van der Waals surface area (Å²) in [5, 5.41) is 2.99. The fourth-order valence-corrected chi connectivity index (χ4v) is 5.50. The predicted molar refractivity (Wildman–Crippen MR) is 140 cm³/mol. The number of benzene rings is 3. The molecule has 1 N–H and O–H groups in total. The van der Waals surface area contributed by atoms with Gasteiger partial charge in [-0.3, -0.25) is 4.79 Å². The zero-order valence-electron chi connectivity index (χ0n) is 20.2. The lowest BCUT2D eigenvalue weighted by atomic mass is 9.96. The summed E-state index contributed by atoms with van der Waals surface area (Å²) in [5.41, 5.74) is 6.23. The molecule has 0 saturated heterocycles. The Kier molecular flexibility index (Phi) is 8.34. The molecule has 0 radical (unpaired) electrons. The van der Waals surface area contributed by atoms with Crippen molar-refractivity contribution in [3.63, 3.8) is 0 Å². The van der Waals surface area contributed by atoms with E-state index in [2.05, 4.69) is 40.3 Å². The van der Waals surface area contributed by atoms with Crippen LogP contribution in [0.2, 0.25) is 0 Å². The van der Waals surface area contributed by atoms with Crippen molar-refractivity contribution < 1.29 is 13.2 Å². The molecule has 1 amide bonds. The number of nitrogens with one attached hydrogen (secondary N) is 1. The van der Waals surface area contributed by atoms with Gasteiger partial charge in [0.2, 0.25) is 15.9 Å². The van der Waals surface area contributed by atoms with Crippen LogP contribution in [0.3, 0.4) is 0 Å². The van der Waals surface area contributed by atoms with E-state index in [1.807, 2.05) is 52.0 Å². The van der Waals surface area contributed by atoms with E-state index in [1.54, 1.807) is 24.3 Å². The molecule has 0 aliphatic carbocycles. The average Bonchev–Trinajstić information content (AvgIpc) is 2.77. The van der Waals surface area contributed by atoms with Crippen LogP contribution in [-0.4, -0.2) is 25.2 Å². The minimum Gasteiger partial charge on any atom is -0.348 e. The van der Waals surface area contributed by atoms with Gasteiger partial charge in [0.1, 0.15) is 0 Å². The van der Waals surface area contributed by atoms with Gasteiger partial charge in [-0.15, -0.1) is 0 Å². The summed E-state index contributed by atoms with van der Waals surface area (Å²) in [4.78, 5) is 13.2. The molecule has 0 unspecified atom stereocenters. The fourth-order valence-electron chi connectivity index (χ4n) is 3.85. The Labute approximate surface area is 211 Å². The molecule has 180 valence electrons. The third-order valence-electron chi connectivity index (χ3n) is 5.98. The zero-order valence-corrected chi connectivity index (χ0v) is 22.6. The van der Waals surface area contributed by atoms with Gasteiger partial charge in [0, 0.05) is 11.0 Å². The largest absolute Gasteiger partial charge is 0.348 e. The number of carbonyl (C=O) groups is 1. The lowest BCUT2D eigenvalue weighted by Gasteiger charge is -2.24. The number of aryl methyl sites for hydroxylation is 4. The molecule has 0 aliphatic rings. The van der Waals surface area contributed by atoms with E-state index < -0.39 is 10.0 Å². The van der Waals surface area contributed by atoms with Gasteiger partial charge in [0.05, 0.1) is 17.5 Å². The second kappa shape index (κ2) is 10.8. The van der Waals surface area contributed by atoms with Gasteiger partial charge < -0.3 is 5.32 Å². The van der Waals surface area contributed by atoms with E-state index in [-0.39, 0.29) is 29.9 Å². The van der Waals surface area contributed by atoms with Crippen molar-refractivity contribution in [3.8, 4) is 0 Å². The van der Waals surface area contributed by atoms with Crippen LogP contribution in [0.15, 0.2) is 70.0 Å². The van der Waals surface area contributed by atoms with Gasteiger partial charge in [-0.2, -0.15) is 4.31 Å². The Morgan fingerprint density at radius 3 is 2.12 bits per heavy atom. The number of hydrogen-bond donors (Lipinski definition) is 1. The third kappa shape index (κ3) is 6.34. The van der Waals surface area contributed by atoms with E-state index in [4.69, 9.17) is 0 Å². The number of sulfonamides is 1. The summed E-state index contributed by atoms with van der Waals surface area (Å²) in [6.45, 7) is 9.76. The molecule has 3 aromatic rings. The topological polar surface area (TPSA) is 66.5 Å². The van der Waals surface area contributed by atoms with Crippen LogP contribution < -0.4 is 5.32 Å². The standard InChI is InChI=1S/C27H31BrN2O3S/c1-18-6-12-25(13-7-18)34(32,33)30(16-23-8-10-24(28)11-9-23)17-27(31)29-22(5)26-15-20(3)19(2)14-21(26)4/h6-15,22H,16-17H2,1-5H3,(H,29,31)/t22-/m0/s1. The van der Waals surface area contributed by atoms with Crippen LogP contribution in [-0.2, 0) is 21.4 Å². The van der Waals surface area contributed by atoms with Gasteiger partial charge in [-0.1, -0.05) is 57.9 Å². The van der Waals surface area contributed by atoms with Gasteiger partial charge >= 0.3 is 0 Å². The number of amides is 1. The van der Waals surface area contributed by atoms with Crippen molar-refractivity contribution in [1.82, 2.24) is 9.62 Å². The highest BCUT2D eigenvalue weighted by Gasteiger charge is 2.27. The molecule has 5 nitrogen and oxygen atoms in total.